The summed E-state index contributed by atoms with van der Waals surface area (Å²) in [6.45, 7) is -0.0256. The van der Waals surface area contributed by atoms with Crippen molar-refractivity contribution in [3.63, 3.8) is 0 Å². The number of nitrogens with two attached hydrogens (primary N) is 1. The largest absolute Gasteiger partial charge is 0.484 e. The number of amides is 2. The average molecular weight is 291 g/mol. The van der Waals surface area contributed by atoms with E-state index in [4.69, 9.17) is 10.5 Å². The Bertz CT molecular complexity index is 501. The van der Waals surface area contributed by atoms with E-state index in [0.29, 0.717) is 11.4 Å². The van der Waals surface area contributed by atoms with Crippen molar-refractivity contribution in [1.82, 2.24) is 5.32 Å². The SMILES string of the molecule is CNC(=O)COc1ccc(NC(=O)C2CCC(N)C2)cc1. The minimum Gasteiger partial charge on any atom is -0.484 e. The van der Waals surface area contributed by atoms with E-state index in [2.05, 4.69) is 10.6 Å². The third-order valence-electron chi connectivity index (χ3n) is 3.61. The monoisotopic (exact) mass is 291 g/mol. The van der Waals surface area contributed by atoms with Crippen LogP contribution in [0.15, 0.2) is 24.3 Å². The molecule has 0 aromatic heterocycles. The molecule has 21 heavy (non-hydrogen) atoms. The van der Waals surface area contributed by atoms with Crippen molar-refractivity contribution in [2.24, 2.45) is 11.7 Å². The lowest BCUT2D eigenvalue weighted by Crippen LogP contribution is -2.24. The van der Waals surface area contributed by atoms with Gasteiger partial charge in [-0.15, -0.1) is 0 Å². The van der Waals surface area contributed by atoms with Crippen LogP contribution >= 0.6 is 0 Å². The summed E-state index contributed by atoms with van der Waals surface area (Å²) in [5.41, 5.74) is 6.53. The Morgan fingerprint density at radius 2 is 2.00 bits per heavy atom. The highest BCUT2D eigenvalue weighted by Crippen LogP contribution is 2.25. The van der Waals surface area contributed by atoms with Gasteiger partial charge in [0, 0.05) is 24.7 Å². The molecule has 0 radical (unpaired) electrons. The van der Waals surface area contributed by atoms with E-state index < -0.39 is 0 Å². The van der Waals surface area contributed by atoms with Crippen LogP contribution in [-0.2, 0) is 9.59 Å². The van der Waals surface area contributed by atoms with Crippen molar-refractivity contribution in [2.75, 3.05) is 19.0 Å². The standard InChI is InChI=1S/C15H21N3O3/c1-17-14(19)9-21-13-6-4-12(5-7-13)18-15(20)10-2-3-11(16)8-10/h4-7,10-11H,2-3,8-9,16H2,1H3,(H,17,19)(H,18,20). The summed E-state index contributed by atoms with van der Waals surface area (Å²) in [6, 6.07) is 7.09. The maximum Gasteiger partial charge on any atom is 0.257 e. The first-order valence-electron chi connectivity index (χ1n) is 7.08. The highest BCUT2D eigenvalue weighted by Gasteiger charge is 2.27. The first-order valence-corrected chi connectivity index (χ1v) is 7.08. The molecule has 114 valence electrons. The van der Waals surface area contributed by atoms with Crippen molar-refractivity contribution in [3.05, 3.63) is 24.3 Å². The van der Waals surface area contributed by atoms with Gasteiger partial charge in [-0.1, -0.05) is 0 Å². The highest BCUT2D eigenvalue weighted by molar-refractivity contribution is 5.92. The molecule has 1 saturated carbocycles. The predicted molar refractivity (Wildman–Crippen MR) is 79.9 cm³/mol. The molecule has 2 amide bonds. The number of ether oxygens (including phenoxy) is 1. The van der Waals surface area contributed by atoms with E-state index in [9.17, 15) is 9.59 Å². The molecule has 0 bridgehead atoms. The minimum atomic E-state index is -0.190. The molecule has 1 aromatic rings. The molecule has 0 heterocycles. The number of carbonyl (C=O) groups excluding carboxylic acids is 2. The molecule has 6 heteroatoms. The van der Waals surface area contributed by atoms with Crippen molar-refractivity contribution < 1.29 is 14.3 Å². The Kier molecular flexibility index (Phi) is 5.16. The third-order valence-corrected chi connectivity index (χ3v) is 3.61. The average Bonchev–Trinajstić information content (AvgIpc) is 2.93. The second-order valence-electron chi connectivity index (χ2n) is 5.25. The highest BCUT2D eigenvalue weighted by atomic mass is 16.5. The lowest BCUT2D eigenvalue weighted by Gasteiger charge is -2.11. The van der Waals surface area contributed by atoms with Crippen LogP contribution < -0.4 is 21.1 Å². The molecule has 4 N–H and O–H groups in total. The normalized spacial score (nSPS) is 20.9. The van der Waals surface area contributed by atoms with Crippen LogP contribution in [-0.4, -0.2) is 31.5 Å². The summed E-state index contributed by atoms with van der Waals surface area (Å²) in [7, 11) is 1.55. The molecule has 1 aliphatic rings. The first kappa shape index (κ1) is 15.3. The lowest BCUT2D eigenvalue weighted by molar-refractivity contribution is -0.122. The Labute approximate surface area is 124 Å². The summed E-state index contributed by atoms with van der Waals surface area (Å²) < 4.78 is 5.29. The summed E-state index contributed by atoms with van der Waals surface area (Å²) in [5, 5.41) is 5.35. The van der Waals surface area contributed by atoms with Crippen LogP contribution in [0, 0.1) is 5.92 Å². The molecule has 2 rings (SSSR count). The Morgan fingerprint density at radius 3 is 2.57 bits per heavy atom. The van der Waals surface area contributed by atoms with Gasteiger partial charge in [0.1, 0.15) is 5.75 Å². The zero-order valence-electron chi connectivity index (χ0n) is 12.1. The van der Waals surface area contributed by atoms with E-state index in [1.807, 2.05) is 0 Å². The number of benzene rings is 1. The molecule has 2 unspecified atom stereocenters. The maximum absolute atomic E-state index is 12.0. The fourth-order valence-corrected chi connectivity index (χ4v) is 2.35. The summed E-state index contributed by atoms with van der Waals surface area (Å²) in [5.74, 6) is 0.413. The predicted octanol–water partition coefficient (Wildman–Crippen LogP) is 0.877. The second kappa shape index (κ2) is 7.08. The van der Waals surface area contributed by atoms with Crippen LogP contribution in [0.5, 0.6) is 5.75 Å². The second-order valence-corrected chi connectivity index (χ2v) is 5.25. The van der Waals surface area contributed by atoms with Gasteiger partial charge >= 0.3 is 0 Å². The quantitative estimate of drug-likeness (QED) is 0.750. The van der Waals surface area contributed by atoms with Gasteiger partial charge in [0.15, 0.2) is 6.61 Å². The van der Waals surface area contributed by atoms with Crippen LogP contribution in [0.25, 0.3) is 0 Å². The fraction of sp³-hybridized carbons (Fsp3) is 0.467. The molecule has 6 nitrogen and oxygen atoms in total. The number of nitrogens with one attached hydrogen (secondary N) is 2. The Morgan fingerprint density at radius 1 is 1.29 bits per heavy atom. The Hall–Kier alpha value is -2.08. The van der Waals surface area contributed by atoms with Gasteiger partial charge in [0.05, 0.1) is 0 Å². The van der Waals surface area contributed by atoms with E-state index in [0.717, 1.165) is 19.3 Å². The van der Waals surface area contributed by atoms with Gasteiger partial charge in [-0.05, 0) is 43.5 Å². The molecule has 1 aromatic carbocycles. The van der Waals surface area contributed by atoms with Crippen LogP contribution in [0.2, 0.25) is 0 Å². The number of hydrogen-bond acceptors (Lipinski definition) is 4. The summed E-state index contributed by atoms with van der Waals surface area (Å²) >= 11 is 0. The van der Waals surface area contributed by atoms with Crippen molar-refractivity contribution >= 4 is 17.5 Å². The number of rotatable bonds is 5. The lowest BCUT2D eigenvalue weighted by atomic mass is 10.1. The van der Waals surface area contributed by atoms with E-state index >= 15 is 0 Å². The maximum atomic E-state index is 12.0. The van der Waals surface area contributed by atoms with Crippen molar-refractivity contribution in [2.45, 2.75) is 25.3 Å². The van der Waals surface area contributed by atoms with Gasteiger partial charge < -0.3 is 21.1 Å². The van der Waals surface area contributed by atoms with Crippen LogP contribution in [0.1, 0.15) is 19.3 Å². The smallest absolute Gasteiger partial charge is 0.257 e. The molecule has 2 atom stereocenters. The van der Waals surface area contributed by atoms with Crippen LogP contribution in [0.3, 0.4) is 0 Å². The van der Waals surface area contributed by atoms with Gasteiger partial charge in [-0.2, -0.15) is 0 Å². The van der Waals surface area contributed by atoms with Gasteiger partial charge in [-0.3, -0.25) is 9.59 Å². The topological polar surface area (TPSA) is 93.5 Å². The van der Waals surface area contributed by atoms with Crippen molar-refractivity contribution in [1.29, 1.82) is 0 Å². The number of anilines is 1. The fourth-order valence-electron chi connectivity index (χ4n) is 2.35. The molecule has 0 aliphatic heterocycles. The Balaban J connectivity index is 1.84. The molecule has 1 aliphatic carbocycles. The van der Waals surface area contributed by atoms with Gasteiger partial charge in [0.25, 0.3) is 5.91 Å². The molecular weight excluding hydrogens is 270 g/mol. The van der Waals surface area contributed by atoms with E-state index in [1.54, 1.807) is 31.3 Å². The minimum absolute atomic E-state index is 0.00387. The van der Waals surface area contributed by atoms with E-state index in [1.165, 1.54) is 0 Å². The zero-order valence-corrected chi connectivity index (χ0v) is 12.1. The molecule has 0 saturated heterocycles. The summed E-state index contributed by atoms with van der Waals surface area (Å²) in [6.07, 6.45) is 2.50. The number of likely N-dealkylation sites (N-methyl/N-ethyl adjacent to an activating group) is 1. The van der Waals surface area contributed by atoms with Crippen LogP contribution in [0.4, 0.5) is 5.69 Å². The van der Waals surface area contributed by atoms with E-state index in [-0.39, 0.29) is 30.4 Å². The molecule has 0 spiro atoms. The van der Waals surface area contributed by atoms with Gasteiger partial charge in [0.2, 0.25) is 5.91 Å². The molecular formula is C15H21N3O3. The van der Waals surface area contributed by atoms with Crippen molar-refractivity contribution in [3.8, 4) is 5.75 Å². The number of carbonyl (C=O) groups is 2. The first-order chi connectivity index (χ1) is 10.1. The number of hydrogen-bond donors (Lipinski definition) is 3. The third kappa shape index (κ3) is 4.46. The zero-order chi connectivity index (χ0) is 15.2. The summed E-state index contributed by atoms with van der Waals surface area (Å²) in [4.78, 5) is 23.1. The van der Waals surface area contributed by atoms with Gasteiger partial charge in [-0.25, -0.2) is 0 Å². The molecule has 1 fully saturated rings.